The van der Waals surface area contributed by atoms with Gasteiger partial charge in [0.25, 0.3) is 0 Å². The Morgan fingerprint density at radius 3 is 2.71 bits per heavy atom. The van der Waals surface area contributed by atoms with Crippen LogP contribution in [0, 0.1) is 11.3 Å². The molecule has 0 spiro atoms. The Bertz CT molecular complexity index is 716. The van der Waals surface area contributed by atoms with Crippen LogP contribution in [-0.2, 0) is 6.18 Å². The zero-order chi connectivity index (χ0) is 17.7. The predicted molar refractivity (Wildman–Crippen MR) is 84.3 cm³/mol. The lowest BCUT2D eigenvalue weighted by Crippen LogP contribution is -2.26. The fourth-order valence-corrected chi connectivity index (χ4v) is 3.97. The molecule has 24 heavy (non-hydrogen) atoms. The van der Waals surface area contributed by atoms with Crippen LogP contribution in [0.4, 0.5) is 13.2 Å². The van der Waals surface area contributed by atoms with E-state index in [1.807, 2.05) is 6.07 Å². The first-order valence-corrected chi connectivity index (χ1v) is 8.51. The van der Waals surface area contributed by atoms with E-state index < -0.39 is 17.9 Å². The Morgan fingerprint density at radius 1 is 1.42 bits per heavy atom. The van der Waals surface area contributed by atoms with Crippen LogP contribution in [0.5, 0.6) is 0 Å². The van der Waals surface area contributed by atoms with Gasteiger partial charge < -0.3 is 10.8 Å². The molecule has 2 atom stereocenters. The van der Waals surface area contributed by atoms with Crippen LogP contribution in [0.2, 0.25) is 0 Å². The molecule has 1 unspecified atom stereocenters. The van der Waals surface area contributed by atoms with Gasteiger partial charge in [0, 0.05) is 22.4 Å². The number of halogens is 3. The second-order valence-corrected chi connectivity index (χ2v) is 6.96. The number of alkyl halides is 3. The summed E-state index contributed by atoms with van der Waals surface area (Å²) >= 11 is 2.34. The third-order valence-electron chi connectivity index (χ3n) is 3.05. The third-order valence-corrected chi connectivity index (χ3v) is 5.35. The van der Waals surface area contributed by atoms with Crippen molar-refractivity contribution in [2.45, 2.75) is 28.9 Å². The van der Waals surface area contributed by atoms with Gasteiger partial charge in [-0.15, -0.1) is 11.3 Å². The number of aromatic nitrogens is 2. The molecule has 0 aliphatic heterocycles. The lowest BCUT2D eigenvalue weighted by molar-refractivity contribution is -0.141. The largest absolute Gasteiger partial charge is 0.433 e. The summed E-state index contributed by atoms with van der Waals surface area (Å²) in [5.74, 6) is 0. The molecular weight excluding hydrogens is 361 g/mol. The summed E-state index contributed by atoms with van der Waals surface area (Å²) in [5.41, 5.74) is 6.35. The molecule has 0 amide bonds. The van der Waals surface area contributed by atoms with E-state index in [4.69, 9.17) is 16.1 Å². The number of aliphatic hydroxyl groups excluding tert-OH is 1. The van der Waals surface area contributed by atoms with Crippen molar-refractivity contribution in [3.8, 4) is 6.07 Å². The SMILES string of the molecule is N#Cc1ccc(C(F)(F)F)nc1SC(C[C@H](N)CO)c1cncs1. The highest BCUT2D eigenvalue weighted by Crippen LogP contribution is 2.41. The number of hydrogen-bond acceptors (Lipinski definition) is 7. The van der Waals surface area contributed by atoms with Crippen molar-refractivity contribution < 1.29 is 18.3 Å². The van der Waals surface area contributed by atoms with Crippen LogP contribution >= 0.6 is 23.1 Å². The Balaban J connectivity index is 2.36. The van der Waals surface area contributed by atoms with Gasteiger partial charge in [-0.3, -0.25) is 4.98 Å². The molecule has 0 aliphatic rings. The maximum Gasteiger partial charge on any atom is 0.433 e. The minimum Gasteiger partial charge on any atom is -0.395 e. The number of nitrogens with two attached hydrogens (primary N) is 1. The number of rotatable bonds is 6. The molecule has 10 heteroatoms. The smallest absolute Gasteiger partial charge is 0.395 e. The third kappa shape index (κ3) is 4.67. The summed E-state index contributed by atoms with van der Waals surface area (Å²) in [6, 6.07) is 3.19. The van der Waals surface area contributed by atoms with Gasteiger partial charge in [0.15, 0.2) is 0 Å². The number of thiazole rings is 1. The van der Waals surface area contributed by atoms with Crippen molar-refractivity contribution in [1.29, 1.82) is 5.26 Å². The highest BCUT2D eigenvalue weighted by atomic mass is 32.2. The number of aliphatic hydroxyl groups is 1. The number of nitriles is 1. The van der Waals surface area contributed by atoms with E-state index >= 15 is 0 Å². The van der Waals surface area contributed by atoms with E-state index in [0.717, 1.165) is 28.8 Å². The number of pyridine rings is 1. The average Bonchev–Trinajstić information content (AvgIpc) is 3.07. The molecule has 0 saturated carbocycles. The maximum absolute atomic E-state index is 12.9. The molecule has 0 bridgehead atoms. The van der Waals surface area contributed by atoms with E-state index in [-0.39, 0.29) is 22.4 Å². The molecule has 128 valence electrons. The summed E-state index contributed by atoms with van der Waals surface area (Å²) in [6.45, 7) is -0.253. The lowest BCUT2D eigenvalue weighted by Gasteiger charge is -2.18. The normalized spacial score (nSPS) is 14.2. The number of hydrogen-bond donors (Lipinski definition) is 2. The Kier molecular flexibility index (Phi) is 6.17. The molecular formula is C14H13F3N4OS2. The zero-order valence-electron chi connectivity index (χ0n) is 12.2. The standard InChI is InChI=1S/C14H13F3N4OS2/c15-14(16,17)12-2-1-8(4-18)13(21-12)24-10(3-9(19)6-22)11-5-20-7-23-11/h1-2,5,7,9-10,22H,3,6,19H2/t9-,10?/m0/s1. The Hall–Kier alpha value is -1.67. The highest BCUT2D eigenvalue weighted by Gasteiger charge is 2.33. The fraction of sp³-hybridized carbons (Fsp3) is 0.357. The summed E-state index contributed by atoms with van der Waals surface area (Å²) in [4.78, 5) is 8.33. The molecule has 2 rings (SSSR count). The van der Waals surface area contributed by atoms with Gasteiger partial charge >= 0.3 is 6.18 Å². The minimum absolute atomic E-state index is 0.0177. The molecule has 0 saturated heterocycles. The van der Waals surface area contributed by atoms with Gasteiger partial charge in [0.1, 0.15) is 16.8 Å². The van der Waals surface area contributed by atoms with Crippen LogP contribution in [0.3, 0.4) is 0 Å². The molecule has 0 aliphatic carbocycles. The van der Waals surface area contributed by atoms with E-state index in [2.05, 4.69) is 9.97 Å². The van der Waals surface area contributed by atoms with Crippen molar-refractivity contribution in [2.24, 2.45) is 5.73 Å². The second kappa shape index (κ2) is 7.94. The molecule has 2 aromatic rings. The van der Waals surface area contributed by atoms with Crippen LogP contribution in [0.15, 0.2) is 28.9 Å². The van der Waals surface area contributed by atoms with Crippen molar-refractivity contribution in [1.82, 2.24) is 9.97 Å². The van der Waals surface area contributed by atoms with Gasteiger partial charge in [0.2, 0.25) is 0 Å². The first-order valence-electron chi connectivity index (χ1n) is 6.75. The quantitative estimate of drug-likeness (QED) is 0.755. The van der Waals surface area contributed by atoms with Gasteiger partial charge in [-0.2, -0.15) is 18.4 Å². The molecule has 2 heterocycles. The summed E-state index contributed by atoms with van der Waals surface area (Å²) < 4.78 is 38.6. The lowest BCUT2D eigenvalue weighted by atomic mass is 10.1. The van der Waals surface area contributed by atoms with Crippen molar-refractivity contribution in [2.75, 3.05) is 6.61 Å². The molecule has 0 fully saturated rings. The molecule has 0 radical (unpaired) electrons. The summed E-state index contributed by atoms with van der Waals surface area (Å²) in [5, 5.41) is 17.9. The van der Waals surface area contributed by atoms with Gasteiger partial charge in [-0.05, 0) is 18.6 Å². The maximum atomic E-state index is 12.9. The fourth-order valence-electron chi connectivity index (χ4n) is 1.86. The van der Waals surface area contributed by atoms with Gasteiger partial charge in [-0.25, -0.2) is 4.98 Å². The Morgan fingerprint density at radius 2 is 2.17 bits per heavy atom. The van der Waals surface area contributed by atoms with Crippen molar-refractivity contribution >= 4 is 23.1 Å². The van der Waals surface area contributed by atoms with Gasteiger partial charge in [0.05, 0.1) is 17.7 Å². The summed E-state index contributed by atoms with van der Waals surface area (Å²) in [7, 11) is 0. The summed E-state index contributed by atoms with van der Waals surface area (Å²) in [6.07, 6.45) is -2.69. The van der Waals surface area contributed by atoms with E-state index in [9.17, 15) is 13.2 Å². The van der Waals surface area contributed by atoms with Crippen molar-refractivity contribution in [3.05, 3.63) is 40.0 Å². The molecule has 2 aromatic heterocycles. The van der Waals surface area contributed by atoms with E-state index in [1.165, 1.54) is 11.3 Å². The number of thioether (sulfide) groups is 1. The second-order valence-electron chi connectivity index (χ2n) is 4.85. The highest BCUT2D eigenvalue weighted by molar-refractivity contribution is 7.99. The van der Waals surface area contributed by atoms with Crippen LogP contribution < -0.4 is 5.73 Å². The van der Waals surface area contributed by atoms with Crippen LogP contribution in [0.1, 0.15) is 27.8 Å². The molecule has 5 nitrogen and oxygen atoms in total. The first-order chi connectivity index (χ1) is 11.3. The van der Waals surface area contributed by atoms with E-state index in [1.54, 1.807) is 11.7 Å². The number of nitrogens with zero attached hydrogens (tertiary/aromatic N) is 3. The van der Waals surface area contributed by atoms with Gasteiger partial charge in [-0.1, -0.05) is 11.8 Å². The Labute approximate surface area is 144 Å². The first kappa shape index (κ1) is 18.7. The van der Waals surface area contributed by atoms with Crippen molar-refractivity contribution in [3.63, 3.8) is 0 Å². The van der Waals surface area contributed by atoms with Crippen LogP contribution in [0.25, 0.3) is 0 Å². The topological polar surface area (TPSA) is 95.8 Å². The molecule has 3 N–H and O–H groups in total. The van der Waals surface area contributed by atoms with E-state index in [0.29, 0.717) is 6.42 Å². The minimum atomic E-state index is -4.59. The monoisotopic (exact) mass is 374 g/mol. The predicted octanol–water partition coefficient (Wildman–Crippen LogP) is 2.97. The van der Waals surface area contributed by atoms with Crippen LogP contribution in [-0.4, -0.2) is 27.7 Å². The zero-order valence-corrected chi connectivity index (χ0v) is 13.8. The molecule has 0 aromatic carbocycles. The average molecular weight is 374 g/mol.